The van der Waals surface area contributed by atoms with Crippen molar-refractivity contribution in [2.75, 3.05) is 0 Å². The van der Waals surface area contributed by atoms with Gasteiger partial charge in [0.15, 0.2) is 0 Å². The van der Waals surface area contributed by atoms with Crippen LogP contribution in [-0.4, -0.2) is 16.9 Å². The number of rotatable bonds is 6. The average molecular weight is 235 g/mol. The highest BCUT2D eigenvalue weighted by molar-refractivity contribution is 5.77. The molecule has 2 atom stereocenters. The summed E-state index contributed by atoms with van der Waals surface area (Å²) < 4.78 is 0. The van der Waals surface area contributed by atoms with Crippen molar-refractivity contribution < 1.29 is 4.79 Å². The lowest BCUT2D eigenvalue weighted by Crippen LogP contribution is -2.33. The molecule has 94 valence electrons. The molecule has 1 aromatic heterocycles. The summed E-state index contributed by atoms with van der Waals surface area (Å²) >= 11 is 0. The number of carbonyl (C=O) groups is 1. The monoisotopic (exact) mass is 235 g/mol. The largest absolute Gasteiger partial charge is 0.350 e. The summed E-state index contributed by atoms with van der Waals surface area (Å²) in [5, 5.41) is 2.94. The summed E-state index contributed by atoms with van der Waals surface area (Å²) in [4.78, 5) is 15.7. The number of amides is 1. The molecule has 0 radical (unpaired) electrons. The van der Waals surface area contributed by atoms with E-state index < -0.39 is 0 Å². The number of hydrogen-bond acceptors (Lipinski definition) is 3. The second kappa shape index (κ2) is 7.01. The van der Waals surface area contributed by atoms with Gasteiger partial charge in [-0.2, -0.15) is 0 Å². The molecular formula is C13H21N3O. The maximum Gasteiger partial charge on any atom is 0.222 e. The van der Waals surface area contributed by atoms with Crippen LogP contribution in [-0.2, 0) is 4.79 Å². The average Bonchev–Trinajstić information content (AvgIpc) is 2.30. The summed E-state index contributed by atoms with van der Waals surface area (Å²) in [6.07, 6.45) is 5.73. The molecule has 0 bridgehead atoms. The third-order valence-corrected chi connectivity index (χ3v) is 2.69. The fourth-order valence-corrected chi connectivity index (χ4v) is 1.75. The highest BCUT2D eigenvalue weighted by Crippen LogP contribution is 2.10. The van der Waals surface area contributed by atoms with Crippen molar-refractivity contribution in [3.63, 3.8) is 0 Å². The van der Waals surface area contributed by atoms with Crippen molar-refractivity contribution in [3.8, 4) is 0 Å². The third kappa shape index (κ3) is 4.95. The van der Waals surface area contributed by atoms with Crippen LogP contribution in [0, 0.1) is 0 Å². The van der Waals surface area contributed by atoms with E-state index in [4.69, 9.17) is 5.73 Å². The number of hydrogen-bond donors (Lipinski definition) is 2. The summed E-state index contributed by atoms with van der Waals surface area (Å²) in [6.45, 7) is 4.02. The third-order valence-electron chi connectivity index (χ3n) is 2.69. The molecule has 4 heteroatoms. The molecule has 0 aliphatic heterocycles. The van der Waals surface area contributed by atoms with Crippen LogP contribution < -0.4 is 11.1 Å². The number of nitrogens with one attached hydrogen (secondary N) is 1. The van der Waals surface area contributed by atoms with Gasteiger partial charge in [-0.15, -0.1) is 0 Å². The molecule has 17 heavy (non-hydrogen) atoms. The summed E-state index contributed by atoms with van der Waals surface area (Å²) in [6, 6.07) is 3.76. The van der Waals surface area contributed by atoms with Gasteiger partial charge in [-0.05, 0) is 31.0 Å². The van der Waals surface area contributed by atoms with Gasteiger partial charge < -0.3 is 11.1 Å². The molecule has 3 N–H and O–H groups in total. The van der Waals surface area contributed by atoms with Gasteiger partial charge >= 0.3 is 0 Å². The van der Waals surface area contributed by atoms with E-state index in [9.17, 15) is 4.79 Å². The standard InChI is InChI=1S/C13H21N3O/c1-3-4-12(14)9-13(17)16-10(2)11-5-7-15-8-6-11/h5-8,10,12H,3-4,9,14H2,1-2H3,(H,16,17). The van der Waals surface area contributed by atoms with Crippen LogP contribution in [0.1, 0.15) is 44.7 Å². The minimum atomic E-state index is -0.0374. The smallest absolute Gasteiger partial charge is 0.222 e. The number of nitrogens with two attached hydrogens (primary N) is 1. The summed E-state index contributed by atoms with van der Waals surface area (Å²) in [5.41, 5.74) is 6.88. The minimum absolute atomic E-state index is 0.000624. The Balaban J connectivity index is 2.41. The van der Waals surface area contributed by atoms with Crippen molar-refractivity contribution in [3.05, 3.63) is 30.1 Å². The van der Waals surface area contributed by atoms with E-state index in [0.29, 0.717) is 6.42 Å². The van der Waals surface area contributed by atoms with E-state index in [1.807, 2.05) is 19.1 Å². The van der Waals surface area contributed by atoms with Gasteiger partial charge in [-0.3, -0.25) is 9.78 Å². The molecule has 2 unspecified atom stereocenters. The molecule has 0 saturated heterocycles. The van der Waals surface area contributed by atoms with Crippen LogP contribution in [0.3, 0.4) is 0 Å². The molecule has 1 heterocycles. The second-order valence-electron chi connectivity index (χ2n) is 4.32. The number of pyridine rings is 1. The normalized spacial score (nSPS) is 14.1. The molecule has 4 nitrogen and oxygen atoms in total. The Kier molecular flexibility index (Phi) is 5.63. The lowest BCUT2D eigenvalue weighted by Gasteiger charge is -2.16. The van der Waals surface area contributed by atoms with Crippen molar-refractivity contribution >= 4 is 5.91 Å². The van der Waals surface area contributed by atoms with Crippen LogP contribution in [0.25, 0.3) is 0 Å². The predicted octanol–water partition coefficient (Wildman–Crippen LogP) is 1.78. The van der Waals surface area contributed by atoms with Gasteiger partial charge in [0.2, 0.25) is 5.91 Å². The van der Waals surface area contributed by atoms with Gasteiger partial charge in [0.05, 0.1) is 6.04 Å². The quantitative estimate of drug-likeness (QED) is 0.789. The highest BCUT2D eigenvalue weighted by Gasteiger charge is 2.12. The topological polar surface area (TPSA) is 68.0 Å². The zero-order valence-electron chi connectivity index (χ0n) is 10.5. The van der Waals surface area contributed by atoms with E-state index in [1.54, 1.807) is 12.4 Å². The first-order valence-corrected chi connectivity index (χ1v) is 6.08. The fourth-order valence-electron chi connectivity index (χ4n) is 1.75. The van der Waals surface area contributed by atoms with Crippen LogP contribution in [0.5, 0.6) is 0 Å². The van der Waals surface area contributed by atoms with E-state index >= 15 is 0 Å². The Morgan fingerprint density at radius 2 is 2.12 bits per heavy atom. The zero-order valence-corrected chi connectivity index (χ0v) is 10.5. The number of carbonyl (C=O) groups excluding carboxylic acids is 1. The molecule has 0 aliphatic rings. The molecule has 1 amide bonds. The van der Waals surface area contributed by atoms with Crippen LogP contribution in [0.4, 0.5) is 0 Å². The zero-order chi connectivity index (χ0) is 12.7. The minimum Gasteiger partial charge on any atom is -0.350 e. The van der Waals surface area contributed by atoms with Crippen molar-refractivity contribution in [1.82, 2.24) is 10.3 Å². The van der Waals surface area contributed by atoms with Crippen molar-refractivity contribution in [1.29, 1.82) is 0 Å². The van der Waals surface area contributed by atoms with Gasteiger partial charge in [-0.25, -0.2) is 0 Å². The van der Waals surface area contributed by atoms with Crippen molar-refractivity contribution in [2.24, 2.45) is 5.73 Å². The highest BCUT2D eigenvalue weighted by atomic mass is 16.1. The first-order chi connectivity index (χ1) is 8.13. The molecule has 0 aromatic carbocycles. The van der Waals surface area contributed by atoms with Gasteiger partial charge in [0.1, 0.15) is 0 Å². The molecule has 1 aromatic rings. The fraction of sp³-hybridized carbons (Fsp3) is 0.538. The van der Waals surface area contributed by atoms with E-state index in [2.05, 4.69) is 17.2 Å². The van der Waals surface area contributed by atoms with Crippen LogP contribution in [0.15, 0.2) is 24.5 Å². The number of aromatic nitrogens is 1. The maximum atomic E-state index is 11.7. The first kappa shape index (κ1) is 13.6. The van der Waals surface area contributed by atoms with E-state index in [-0.39, 0.29) is 18.0 Å². The summed E-state index contributed by atoms with van der Waals surface area (Å²) in [7, 11) is 0. The maximum absolute atomic E-state index is 11.7. The number of nitrogens with zero attached hydrogens (tertiary/aromatic N) is 1. The predicted molar refractivity (Wildman–Crippen MR) is 68.3 cm³/mol. The Morgan fingerprint density at radius 1 is 1.47 bits per heavy atom. The molecule has 1 rings (SSSR count). The molecular weight excluding hydrogens is 214 g/mol. The van der Waals surface area contributed by atoms with Gasteiger partial charge in [0, 0.05) is 24.9 Å². The van der Waals surface area contributed by atoms with Crippen LogP contribution in [0.2, 0.25) is 0 Å². The Labute approximate surface area is 103 Å². The van der Waals surface area contributed by atoms with Gasteiger partial charge in [0.25, 0.3) is 0 Å². The van der Waals surface area contributed by atoms with Crippen molar-refractivity contribution in [2.45, 2.75) is 45.2 Å². The van der Waals surface area contributed by atoms with Gasteiger partial charge in [-0.1, -0.05) is 13.3 Å². The van der Waals surface area contributed by atoms with Crippen LogP contribution >= 0.6 is 0 Å². The Morgan fingerprint density at radius 3 is 2.71 bits per heavy atom. The first-order valence-electron chi connectivity index (χ1n) is 6.08. The second-order valence-corrected chi connectivity index (χ2v) is 4.32. The molecule has 0 saturated carbocycles. The lowest BCUT2D eigenvalue weighted by molar-refractivity contribution is -0.122. The Hall–Kier alpha value is -1.42. The molecule has 0 spiro atoms. The van der Waals surface area contributed by atoms with E-state index in [0.717, 1.165) is 18.4 Å². The molecule has 0 fully saturated rings. The Bertz CT molecular complexity index is 340. The SMILES string of the molecule is CCCC(N)CC(=O)NC(C)c1ccncc1. The van der Waals surface area contributed by atoms with E-state index in [1.165, 1.54) is 0 Å². The summed E-state index contributed by atoms with van der Waals surface area (Å²) in [5.74, 6) is 0.00950. The molecule has 0 aliphatic carbocycles. The lowest BCUT2D eigenvalue weighted by atomic mass is 10.1.